The smallest absolute Gasteiger partial charge is 0.122 e. The molecule has 1 unspecified atom stereocenters. The molecule has 1 aliphatic heterocycles. The van der Waals surface area contributed by atoms with E-state index in [1.807, 2.05) is 6.20 Å². The Hall–Kier alpha value is -1.65. The van der Waals surface area contributed by atoms with E-state index in [2.05, 4.69) is 63.2 Å². The van der Waals surface area contributed by atoms with Crippen LogP contribution in [-0.4, -0.2) is 33.6 Å². The van der Waals surface area contributed by atoms with E-state index in [0.29, 0.717) is 11.5 Å². The SMILES string of the molecule is CCn1ccnc1CN(Cc1ccccc1)C1CC12CCNCC2. The number of hydrogen-bond acceptors (Lipinski definition) is 3. The maximum Gasteiger partial charge on any atom is 0.122 e. The second kappa shape index (κ2) is 6.69. The average Bonchev–Trinajstić information content (AvgIpc) is 3.11. The van der Waals surface area contributed by atoms with Crippen molar-refractivity contribution in [1.29, 1.82) is 0 Å². The molecule has 1 aliphatic carbocycles. The molecule has 1 saturated carbocycles. The number of aryl methyl sites for hydroxylation is 1. The van der Waals surface area contributed by atoms with Crippen molar-refractivity contribution < 1.29 is 0 Å². The lowest BCUT2D eigenvalue weighted by Crippen LogP contribution is -2.36. The van der Waals surface area contributed by atoms with Gasteiger partial charge in [-0.3, -0.25) is 4.90 Å². The molecule has 1 saturated heterocycles. The lowest BCUT2D eigenvalue weighted by molar-refractivity contribution is 0.182. The van der Waals surface area contributed by atoms with Crippen LogP contribution in [-0.2, 0) is 19.6 Å². The Morgan fingerprint density at radius 2 is 2.00 bits per heavy atom. The van der Waals surface area contributed by atoms with Crippen LogP contribution >= 0.6 is 0 Å². The minimum Gasteiger partial charge on any atom is -0.334 e. The molecule has 128 valence electrons. The number of imidazole rings is 1. The molecule has 1 N–H and O–H groups in total. The van der Waals surface area contributed by atoms with Gasteiger partial charge >= 0.3 is 0 Å². The molecule has 0 amide bonds. The number of aromatic nitrogens is 2. The van der Waals surface area contributed by atoms with E-state index in [-0.39, 0.29) is 0 Å². The Morgan fingerprint density at radius 3 is 2.75 bits per heavy atom. The molecular formula is C20H28N4. The predicted molar refractivity (Wildman–Crippen MR) is 96.5 cm³/mol. The molecule has 0 radical (unpaired) electrons. The number of hydrogen-bond donors (Lipinski definition) is 1. The molecule has 24 heavy (non-hydrogen) atoms. The summed E-state index contributed by atoms with van der Waals surface area (Å²) in [5, 5.41) is 3.52. The molecule has 2 heterocycles. The van der Waals surface area contributed by atoms with Crippen LogP contribution in [0.2, 0.25) is 0 Å². The third-order valence-corrected chi connectivity index (χ3v) is 5.90. The summed E-state index contributed by atoms with van der Waals surface area (Å²) in [6, 6.07) is 11.6. The highest BCUT2D eigenvalue weighted by Crippen LogP contribution is 2.56. The van der Waals surface area contributed by atoms with Gasteiger partial charge in [-0.25, -0.2) is 4.98 Å². The number of rotatable bonds is 6. The van der Waals surface area contributed by atoms with Crippen molar-refractivity contribution >= 4 is 0 Å². The molecule has 1 atom stereocenters. The normalized spacial score (nSPS) is 22.2. The summed E-state index contributed by atoms with van der Waals surface area (Å²) in [5.74, 6) is 1.20. The molecular weight excluding hydrogens is 296 g/mol. The van der Waals surface area contributed by atoms with Crippen molar-refractivity contribution in [1.82, 2.24) is 19.8 Å². The van der Waals surface area contributed by atoms with Gasteiger partial charge in [0, 0.05) is 31.5 Å². The fourth-order valence-corrected chi connectivity index (χ4v) is 4.36. The Labute approximate surface area is 144 Å². The lowest BCUT2D eigenvalue weighted by Gasteiger charge is -2.29. The first-order chi connectivity index (χ1) is 11.8. The maximum absolute atomic E-state index is 4.62. The monoisotopic (exact) mass is 324 g/mol. The summed E-state index contributed by atoms with van der Waals surface area (Å²) >= 11 is 0. The standard InChI is InChI=1S/C20H28N4/c1-2-23-13-12-22-19(23)16-24(15-17-6-4-3-5-7-17)18-14-20(18)8-10-21-11-9-20/h3-7,12-13,18,21H,2,8-11,14-16H2,1H3. The summed E-state index contributed by atoms with van der Waals surface area (Å²) in [6.45, 7) is 7.53. The Balaban J connectivity index is 1.53. The van der Waals surface area contributed by atoms with Gasteiger partial charge < -0.3 is 9.88 Å². The van der Waals surface area contributed by atoms with Gasteiger partial charge in [0.1, 0.15) is 5.82 Å². The molecule has 2 fully saturated rings. The van der Waals surface area contributed by atoms with Gasteiger partial charge in [-0.05, 0) is 50.3 Å². The quantitative estimate of drug-likeness (QED) is 0.886. The van der Waals surface area contributed by atoms with Gasteiger partial charge in [0.2, 0.25) is 0 Å². The van der Waals surface area contributed by atoms with Crippen molar-refractivity contribution in [3.63, 3.8) is 0 Å². The zero-order valence-electron chi connectivity index (χ0n) is 14.6. The Kier molecular flexibility index (Phi) is 4.42. The van der Waals surface area contributed by atoms with E-state index in [1.165, 1.54) is 43.7 Å². The zero-order valence-corrected chi connectivity index (χ0v) is 14.6. The van der Waals surface area contributed by atoms with Crippen molar-refractivity contribution in [3.8, 4) is 0 Å². The van der Waals surface area contributed by atoms with Crippen LogP contribution < -0.4 is 5.32 Å². The molecule has 1 spiro atoms. The molecule has 1 aromatic carbocycles. The first-order valence-corrected chi connectivity index (χ1v) is 9.29. The van der Waals surface area contributed by atoms with Crippen LogP contribution in [0.4, 0.5) is 0 Å². The molecule has 0 bridgehead atoms. The number of benzene rings is 1. The van der Waals surface area contributed by atoms with Crippen LogP contribution in [0.3, 0.4) is 0 Å². The maximum atomic E-state index is 4.62. The van der Waals surface area contributed by atoms with Crippen molar-refractivity contribution in [2.45, 2.75) is 51.9 Å². The summed E-state index contributed by atoms with van der Waals surface area (Å²) in [7, 11) is 0. The van der Waals surface area contributed by atoms with Crippen molar-refractivity contribution in [3.05, 3.63) is 54.1 Å². The predicted octanol–water partition coefficient (Wildman–Crippen LogP) is 3.05. The second-order valence-corrected chi connectivity index (χ2v) is 7.35. The molecule has 2 aliphatic rings. The van der Waals surface area contributed by atoms with E-state index >= 15 is 0 Å². The van der Waals surface area contributed by atoms with Gasteiger partial charge in [0.05, 0.1) is 6.54 Å². The Bertz CT molecular complexity index is 657. The summed E-state index contributed by atoms with van der Waals surface area (Å²) in [6.07, 6.45) is 8.04. The summed E-state index contributed by atoms with van der Waals surface area (Å²) in [4.78, 5) is 7.30. The van der Waals surface area contributed by atoms with Crippen LogP contribution in [0.15, 0.2) is 42.7 Å². The molecule has 1 aromatic heterocycles. The zero-order chi connectivity index (χ0) is 16.4. The highest BCUT2D eigenvalue weighted by atomic mass is 15.2. The van der Waals surface area contributed by atoms with Gasteiger partial charge in [-0.2, -0.15) is 0 Å². The van der Waals surface area contributed by atoms with E-state index in [4.69, 9.17) is 0 Å². The van der Waals surface area contributed by atoms with Gasteiger partial charge in [-0.1, -0.05) is 30.3 Å². The fourth-order valence-electron chi connectivity index (χ4n) is 4.36. The third kappa shape index (κ3) is 3.13. The summed E-state index contributed by atoms with van der Waals surface area (Å²) < 4.78 is 2.27. The minimum absolute atomic E-state index is 0.559. The molecule has 4 rings (SSSR count). The number of nitrogens with one attached hydrogen (secondary N) is 1. The largest absolute Gasteiger partial charge is 0.334 e. The highest BCUT2D eigenvalue weighted by molar-refractivity contribution is 5.17. The van der Waals surface area contributed by atoms with Crippen LogP contribution in [0.25, 0.3) is 0 Å². The lowest BCUT2D eigenvalue weighted by atomic mass is 9.93. The van der Waals surface area contributed by atoms with Crippen LogP contribution in [0, 0.1) is 5.41 Å². The minimum atomic E-state index is 0.559. The third-order valence-electron chi connectivity index (χ3n) is 5.90. The van der Waals surface area contributed by atoms with Crippen LogP contribution in [0.1, 0.15) is 37.6 Å². The van der Waals surface area contributed by atoms with Gasteiger partial charge in [0.25, 0.3) is 0 Å². The number of piperidine rings is 1. The fraction of sp³-hybridized carbons (Fsp3) is 0.550. The first-order valence-electron chi connectivity index (χ1n) is 9.29. The van der Waals surface area contributed by atoms with E-state index < -0.39 is 0 Å². The van der Waals surface area contributed by atoms with Crippen molar-refractivity contribution in [2.24, 2.45) is 5.41 Å². The van der Waals surface area contributed by atoms with Crippen LogP contribution in [0.5, 0.6) is 0 Å². The van der Waals surface area contributed by atoms with Gasteiger partial charge in [0.15, 0.2) is 0 Å². The first kappa shape index (κ1) is 15.9. The van der Waals surface area contributed by atoms with Gasteiger partial charge in [-0.15, -0.1) is 0 Å². The molecule has 2 aromatic rings. The highest BCUT2D eigenvalue weighted by Gasteiger charge is 2.56. The van der Waals surface area contributed by atoms with E-state index in [0.717, 1.165) is 19.6 Å². The molecule has 4 nitrogen and oxygen atoms in total. The summed E-state index contributed by atoms with van der Waals surface area (Å²) in [5.41, 5.74) is 1.96. The van der Waals surface area contributed by atoms with E-state index in [1.54, 1.807) is 0 Å². The average molecular weight is 324 g/mol. The van der Waals surface area contributed by atoms with Crippen molar-refractivity contribution in [2.75, 3.05) is 13.1 Å². The number of nitrogens with zero attached hydrogens (tertiary/aromatic N) is 3. The topological polar surface area (TPSA) is 33.1 Å². The van der Waals surface area contributed by atoms with E-state index in [9.17, 15) is 0 Å². The second-order valence-electron chi connectivity index (χ2n) is 7.35. The molecule has 4 heteroatoms. The Morgan fingerprint density at radius 1 is 1.21 bits per heavy atom.